The second-order valence-corrected chi connectivity index (χ2v) is 4.21. The molecule has 0 aliphatic heterocycles. The second kappa shape index (κ2) is 5.66. The lowest BCUT2D eigenvalue weighted by molar-refractivity contribution is 0.320. The molecule has 15 heavy (non-hydrogen) atoms. The molecule has 0 fully saturated rings. The molecule has 0 aliphatic carbocycles. The Kier molecular flexibility index (Phi) is 4.50. The molecule has 0 aliphatic rings. The lowest BCUT2D eigenvalue weighted by Gasteiger charge is -2.19. The fourth-order valence-corrected chi connectivity index (χ4v) is 1.40. The van der Waals surface area contributed by atoms with Gasteiger partial charge < -0.3 is 10.3 Å². The van der Waals surface area contributed by atoms with Gasteiger partial charge in [0.1, 0.15) is 0 Å². The molecule has 0 heterocycles. The molecular formula is C13H19N2. The number of nitrogens with one attached hydrogen (secondary N) is 1. The van der Waals surface area contributed by atoms with E-state index in [2.05, 4.69) is 32.0 Å². The zero-order valence-corrected chi connectivity index (χ0v) is 9.75. The van der Waals surface area contributed by atoms with Crippen LogP contribution in [0.2, 0.25) is 0 Å². The SMILES string of the molecule is C[C@H](CC(=N)Cc1cc[c]cc1)N(C)C. The van der Waals surface area contributed by atoms with Gasteiger partial charge in [-0.1, -0.05) is 24.3 Å². The fraction of sp³-hybridized carbons (Fsp3) is 0.462. The minimum absolute atomic E-state index is 0.438. The van der Waals surface area contributed by atoms with Gasteiger partial charge in [0.25, 0.3) is 0 Å². The maximum atomic E-state index is 7.91. The van der Waals surface area contributed by atoms with E-state index in [0.717, 1.165) is 18.6 Å². The van der Waals surface area contributed by atoms with Crippen LogP contribution in [-0.4, -0.2) is 30.7 Å². The van der Waals surface area contributed by atoms with E-state index in [4.69, 9.17) is 5.41 Å². The summed E-state index contributed by atoms with van der Waals surface area (Å²) in [6, 6.07) is 11.3. The number of rotatable bonds is 5. The topological polar surface area (TPSA) is 27.1 Å². The van der Waals surface area contributed by atoms with E-state index >= 15 is 0 Å². The van der Waals surface area contributed by atoms with Crippen LogP contribution in [0, 0.1) is 11.5 Å². The predicted molar refractivity (Wildman–Crippen MR) is 64.5 cm³/mol. The van der Waals surface area contributed by atoms with E-state index in [-0.39, 0.29) is 0 Å². The largest absolute Gasteiger partial charge is 0.309 e. The molecule has 2 nitrogen and oxygen atoms in total. The summed E-state index contributed by atoms with van der Waals surface area (Å²) in [5.41, 5.74) is 1.99. The minimum atomic E-state index is 0.438. The summed E-state index contributed by atoms with van der Waals surface area (Å²) < 4.78 is 0. The molecule has 0 amide bonds. The van der Waals surface area contributed by atoms with Gasteiger partial charge in [0.05, 0.1) is 0 Å². The zero-order valence-electron chi connectivity index (χ0n) is 9.75. The first-order chi connectivity index (χ1) is 7.09. The Hall–Kier alpha value is -1.15. The highest BCUT2D eigenvalue weighted by atomic mass is 15.1. The Morgan fingerprint density at radius 3 is 2.53 bits per heavy atom. The lowest BCUT2D eigenvalue weighted by Crippen LogP contribution is -2.27. The van der Waals surface area contributed by atoms with Crippen molar-refractivity contribution in [2.75, 3.05) is 14.1 Å². The first kappa shape index (κ1) is 11.9. The number of nitrogens with zero attached hydrogens (tertiary/aromatic N) is 1. The quantitative estimate of drug-likeness (QED) is 0.731. The standard InChI is InChI=1S/C13H19N2/c1-11(15(2)3)9-13(14)10-12-7-5-4-6-8-12/h5-8,11,14H,9-10H2,1-3H3/t11-/m1/s1. The van der Waals surface area contributed by atoms with Gasteiger partial charge in [-0.3, -0.25) is 0 Å². The second-order valence-electron chi connectivity index (χ2n) is 4.21. The summed E-state index contributed by atoms with van der Waals surface area (Å²) >= 11 is 0. The summed E-state index contributed by atoms with van der Waals surface area (Å²) in [5.74, 6) is 0. The summed E-state index contributed by atoms with van der Waals surface area (Å²) in [7, 11) is 4.10. The Labute approximate surface area is 92.4 Å². The maximum Gasteiger partial charge on any atom is 0.0148 e. The van der Waals surface area contributed by atoms with Crippen molar-refractivity contribution in [3.8, 4) is 0 Å². The fourth-order valence-electron chi connectivity index (χ4n) is 1.40. The van der Waals surface area contributed by atoms with Gasteiger partial charge in [0, 0.05) is 24.6 Å². The molecule has 0 unspecified atom stereocenters. The molecule has 2 heteroatoms. The molecule has 0 spiro atoms. The van der Waals surface area contributed by atoms with Crippen molar-refractivity contribution in [2.24, 2.45) is 0 Å². The van der Waals surface area contributed by atoms with Gasteiger partial charge in [-0.05, 0) is 32.6 Å². The summed E-state index contributed by atoms with van der Waals surface area (Å²) in [5, 5.41) is 7.91. The van der Waals surface area contributed by atoms with Crippen LogP contribution in [0.4, 0.5) is 0 Å². The first-order valence-corrected chi connectivity index (χ1v) is 5.27. The third-order valence-corrected chi connectivity index (χ3v) is 2.63. The first-order valence-electron chi connectivity index (χ1n) is 5.27. The van der Waals surface area contributed by atoms with Crippen LogP contribution in [0.15, 0.2) is 24.3 Å². The number of hydrogen-bond donors (Lipinski definition) is 1. The molecule has 0 bridgehead atoms. The van der Waals surface area contributed by atoms with E-state index in [9.17, 15) is 0 Å². The van der Waals surface area contributed by atoms with Crippen molar-refractivity contribution in [3.63, 3.8) is 0 Å². The van der Waals surface area contributed by atoms with Crippen LogP contribution in [-0.2, 0) is 6.42 Å². The van der Waals surface area contributed by atoms with Crippen LogP contribution >= 0.6 is 0 Å². The third kappa shape index (κ3) is 4.26. The van der Waals surface area contributed by atoms with E-state index in [1.54, 1.807) is 0 Å². The molecule has 0 aromatic heterocycles. The monoisotopic (exact) mass is 203 g/mol. The van der Waals surface area contributed by atoms with Crippen LogP contribution < -0.4 is 0 Å². The van der Waals surface area contributed by atoms with Crippen molar-refractivity contribution in [3.05, 3.63) is 35.9 Å². The smallest absolute Gasteiger partial charge is 0.0148 e. The normalized spacial score (nSPS) is 12.8. The average Bonchev–Trinajstić information content (AvgIpc) is 2.18. The summed E-state index contributed by atoms with van der Waals surface area (Å²) in [6.45, 7) is 2.15. The number of benzene rings is 1. The zero-order chi connectivity index (χ0) is 11.3. The van der Waals surface area contributed by atoms with Gasteiger partial charge >= 0.3 is 0 Å². The Balaban J connectivity index is 2.43. The Morgan fingerprint density at radius 1 is 1.40 bits per heavy atom. The molecule has 1 atom stereocenters. The highest BCUT2D eigenvalue weighted by Crippen LogP contribution is 2.05. The van der Waals surface area contributed by atoms with Crippen molar-refractivity contribution >= 4 is 5.71 Å². The van der Waals surface area contributed by atoms with Gasteiger partial charge in [0.2, 0.25) is 0 Å². The van der Waals surface area contributed by atoms with Crippen molar-refractivity contribution < 1.29 is 0 Å². The van der Waals surface area contributed by atoms with Crippen LogP contribution in [0.1, 0.15) is 18.9 Å². The molecule has 1 aromatic rings. The molecule has 81 valence electrons. The minimum Gasteiger partial charge on any atom is -0.309 e. The molecule has 0 saturated carbocycles. The molecule has 1 N–H and O–H groups in total. The van der Waals surface area contributed by atoms with Crippen molar-refractivity contribution in [1.82, 2.24) is 4.90 Å². The van der Waals surface area contributed by atoms with Gasteiger partial charge in [-0.2, -0.15) is 0 Å². The third-order valence-electron chi connectivity index (χ3n) is 2.63. The van der Waals surface area contributed by atoms with Crippen LogP contribution in [0.5, 0.6) is 0 Å². The van der Waals surface area contributed by atoms with Crippen molar-refractivity contribution in [1.29, 1.82) is 5.41 Å². The van der Waals surface area contributed by atoms with Gasteiger partial charge in [-0.15, -0.1) is 0 Å². The summed E-state index contributed by atoms with van der Waals surface area (Å²) in [4.78, 5) is 2.15. The number of hydrogen-bond acceptors (Lipinski definition) is 2. The van der Waals surface area contributed by atoms with Gasteiger partial charge in [-0.25, -0.2) is 0 Å². The maximum absolute atomic E-state index is 7.91. The van der Waals surface area contributed by atoms with E-state index < -0.39 is 0 Å². The molecule has 1 radical (unpaired) electrons. The molecule has 0 saturated heterocycles. The lowest BCUT2D eigenvalue weighted by atomic mass is 10.0. The van der Waals surface area contributed by atoms with Crippen LogP contribution in [0.3, 0.4) is 0 Å². The molecule has 1 rings (SSSR count). The Bertz CT molecular complexity index is 304. The highest BCUT2D eigenvalue weighted by molar-refractivity contribution is 5.84. The summed E-state index contributed by atoms with van der Waals surface area (Å²) in [6.07, 6.45) is 1.60. The van der Waals surface area contributed by atoms with E-state index in [1.165, 1.54) is 5.56 Å². The average molecular weight is 203 g/mol. The highest BCUT2D eigenvalue weighted by Gasteiger charge is 2.08. The Morgan fingerprint density at radius 2 is 2.00 bits per heavy atom. The molecular weight excluding hydrogens is 184 g/mol. The van der Waals surface area contributed by atoms with Crippen LogP contribution in [0.25, 0.3) is 0 Å². The van der Waals surface area contributed by atoms with Gasteiger partial charge in [0.15, 0.2) is 0 Å². The van der Waals surface area contributed by atoms with E-state index in [0.29, 0.717) is 6.04 Å². The van der Waals surface area contributed by atoms with Crippen molar-refractivity contribution in [2.45, 2.75) is 25.8 Å². The predicted octanol–water partition coefficient (Wildman–Crippen LogP) is 2.39. The molecule has 1 aromatic carbocycles. The van der Waals surface area contributed by atoms with E-state index in [1.807, 2.05) is 24.3 Å².